The molecule has 0 radical (unpaired) electrons. The molecule has 6 rings (SSSR count). The first-order valence-electron chi connectivity index (χ1n) is 12.0. The maximum absolute atomic E-state index is 4.93. The molecule has 166 valence electrons. The Bertz CT molecular complexity index is 1270. The highest BCUT2D eigenvalue weighted by Gasteiger charge is 2.42. The van der Waals surface area contributed by atoms with E-state index in [1.54, 1.807) is 11.8 Å². The lowest BCUT2D eigenvalue weighted by atomic mass is 9.81. The smallest absolute Gasteiger partial charge is 0.0674 e. The Kier molecular flexibility index (Phi) is 4.99. The summed E-state index contributed by atoms with van der Waals surface area (Å²) in [5, 5.41) is 0. The molecule has 1 aliphatic carbocycles. The van der Waals surface area contributed by atoms with Crippen molar-refractivity contribution >= 4 is 40.6 Å². The molecular weight excluding hydrogens is 420 g/mol. The number of hydrogen-bond acceptors (Lipinski definition) is 3. The molecule has 0 N–H and O–H groups in total. The van der Waals surface area contributed by atoms with E-state index in [0.717, 1.165) is 11.4 Å². The number of aliphatic imine (C=N–C) groups is 1. The van der Waals surface area contributed by atoms with E-state index in [2.05, 4.69) is 104 Å². The molecule has 2 aliphatic heterocycles. The molecule has 0 bridgehead atoms. The fraction of sp³-hybridized carbons (Fsp3) is 0.300. The van der Waals surface area contributed by atoms with Gasteiger partial charge in [0.1, 0.15) is 0 Å². The van der Waals surface area contributed by atoms with Crippen LogP contribution in [0.15, 0.2) is 82.7 Å². The average Bonchev–Trinajstić information content (AvgIpc) is 3.49. The van der Waals surface area contributed by atoms with Crippen LogP contribution in [-0.4, -0.2) is 18.0 Å². The Morgan fingerprint density at radius 3 is 2.58 bits per heavy atom. The van der Waals surface area contributed by atoms with Crippen LogP contribution in [-0.2, 0) is 5.41 Å². The van der Waals surface area contributed by atoms with Crippen LogP contribution < -0.4 is 4.90 Å². The van der Waals surface area contributed by atoms with E-state index in [-0.39, 0.29) is 5.41 Å². The fourth-order valence-corrected chi connectivity index (χ4v) is 6.39. The highest BCUT2D eigenvalue weighted by Crippen LogP contribution is 2.52. The normalized spacial score (nSPS) is 22.4. The molecule has 1 fully saturated rings. The zero-order chi connectivity index (χ0) is 22.6. The van der Waals surface area contributed by atoms with Crippen molar-refractivity contribution in [2.45, 2.75) is 55.4 Å². The van der Waals surface area contributed by atoms with Gasteiger partial charge >= 0.3 is 0 Å². The zero-order valence-electron chi connectivity index (χ0n) is 19.6. The molecular formula is C30H30N2S. The van der Waals surface area contributed by atoms with Gasteiger partial charge in [0.25, 0.3) is 0 Å². The second-order valence-electron chi connectivity index (χ2n) is 9.96. The second-order valence-corrected chi connectivity index (χ2v) is 10.8. The Labute approximate surface area is 201 Å². The highest BCUT2D eigenvalue weighted by molar-refractivity contribution is 7.98. The van der Waals surface area contributed by atoms with Crippen molar-refractivity contribution in [2.24, 2.45) is 4.99 Å². The van der Waals surface area contributed by atoms with Crippen molar-refractivity contribution in [3.05, 3.63) is 89.5 Å². The van der Waals surface area contributed by atoms with Crippen molar-refractivity contribution in [1.29, 1.82) is 0 Å². The van der Waals surface area contributed by atoms with Crippen molar-refractivity contribution < 1.29 is 0 Å². The predicted molar refractivity (Wildman–Crippen MR) is 143 cm³/mol. The minimum atomic E-state index is -0.0555. The van der Waals surface area contributed by atoms with Crippen LogP contribution in [0.1, 0.15) is 55.7 Å². The third-order valence-electron chi connectivity index (χ3n) is 7.76. The van der Waals surface area contributed by atoms with Gasteiger partial charge in [-0.15, -0.1) is 11.8 Å². The van der Waals surface area contributed by atoms with E-state index in [1.807, 2.05) is 0 Å². The molecule has 2 heterocycles. The van der Waals surface area contributed by atoms with Crippen LogP contribution in [0.3, 0.4) is 0 Å². The number of nitrogens with zero attached hydrogens (tertiary/aromatic N) is 2. The van der Waals surface area contributed by atoms with E-state index in [9.17, 15) is 0 Å². The Morgan fingerprint density at radius 1 is 0.970 bits per heavy atom. The first kappa shape index (κ1) is 20.8. The van der Waals surface area contributed by atoms with Gasteiger partial charge in [-0.25, -0.2) is 0 Å². The molecule has 0 saturated heterocycles. The lowest BCUT2D eigenvalue weighted by Crippen LogP contribution is -2.26. The van der Waals surface area contributed by atoms with Crippen molar-refractivity contribution in [3.63, 3.8) is 0 Å². The van der Waals surface area contributed by atoms with Crippen LogP contribution in [0.4, 0.5) is 17.1 Å². The third kappa shape index (κ3) is 3.36. The summed E-state index contributed by atoms with van der Waals surface area (Å²) >= 11 is 1.80. The largest absolute Gasteiger partial charge is 0.338 e. The van der Waals surface area contributed by atoms with Gasteiger partial charge in [0, 0.05) is 33.6 Å². The van der Waals surface area contributed by atoms with Crippen LogP contribution in [0.25, 0.3) is 6.08 Å². The SMILES string of the molecule is CSc1ccc(N2c3ccc(/C=C/C4=Nc5ccccc5C4(C)C)cc3C3CCCC32)cc1. The van der Waals surface area contributed by atoms with Gasteiger partial charge in [0.15, 0.2) is 0 Å². The molecule has 33 heavy (non-hydrogen) atoms. The first-order valence-corrected chi connectivity index (χ1v) is 13.2. The van der Waals surface area contributed by atoms with E-state index in [1.165, 1.54) is 52.2 Å². The quantitative estimate of drug-likeness (QED) is 0.372. The van der Waals surface area contributed by atoms with Gasteiger partial charge in [0.05, 0.1) is 11.4 Å². The molecule has 2 unspecified atom stereocenters. The molecule has 3 heteroatoms. The summed E-state index contributed by atoms with van der Waals surface area (Å²) < 4.78 is 0. The number of fused-ring (bicyclic) bond motifs is 4. The summed E-state index contributed by atoms with van der Waals surface area (Å²) in [7, 11) is 0. The number of hydrogen-bond donors (Lipinski definition) is 0. The van der Waals surface area contributed by atoms with Gasteiger partial charge in [-0.1, -0.05) is 50.6 Å². The molecule has 2 nitrogen and oxygen atoms in total. The van der Waals surface area contributed by atoms with Gasteiger partial charge in [-0.3, -0.25) is 4.99 Å². The fourth-order valence-electron chi connectivity index (χ4n) is 5.99. The lowest BCUT2D eigenvalue weighted by molar-refractivity contribution is 0.641. The number of allylic oxidation sites excluding steroid dienone is 1. The van der Waals surface area contributed by atoms with E-state index < -0.39 is 0 Å². The maximum atomic E-state index is 4.93. The predicted octanol–water partition coefficient (Wildman–Crippen LogP) is 8.27. The number of thioether (sulfide) groups is 1. The highest BCUT2D eigenvalue weighted by atomic mass is 32.2. The molecule has 2 atom stereocenters. The summed E-state index contributed by atoms with van der Waals surface area (Å²) in [5.74, 6) is 0.637. The Hall–Kier alpha value is -2.78. The molecule has 3 aromatic carbocycles. The van der Waals surface area contributed by atoms with Crippen LogP contribution in [0, 0.1) is 0 Å². The van der Waals surface area contributed by atoms with Gasteiger partial charge in [-0.2, -0.15) is 0 Å². The van der Waals surface area contributed by atoms with Gasteiger partial charge < -0.3 is 4.90 Å². The van der Waals surface area contributed by atoms with Crippen LogP contribution in [0.2, 0.25) is 0 Å². The molecule has 3 aliphatic rings. The minimum Gasteiger partial charge on any atom is -0.338 e. The summed E-state index contributed by atoms with van der Waals surface area (Å²) in [5.41, 5.74) is 9.01. The molecule has 0 amide bonds. The van der Waals surface area contributed by atoms with Crippen molar-refractivity contribution in [1.82, 2.24) is 0 Å². The van der Waals surface area contributed by atoms with Crippen molar-refractivity contribution in [2.75, 3.05) is 11.2 Å². The average molecular weight is 451 g/mol. The number of para-hydroxylation sites is 1. The maximum Gasteiger partial charge on any atom is 0.0674 e. The van der Waals surface area contributed by atoms with E-state index >= 15 is 0 Å². The summed E-state index contributed by atoms with van der Waals surface area (Å²) in [6.45, 7) is 4.54. The van der Waals surface area contributed by atoms with E-state index in [4.69, 9.17) is 4.99 Å². The number of anilines is 2. The monoisotopic (exact) mass is 450 g/mol. The summed E-state index contributed by atoms with van der Waals surface area (Å²) in [4.78, 5) is 8.85. The summed E-state index contributed by atoms with van der Waals surface area (Å²) in [6.07, 6.45) is 10.5. The number of rotatable bonds is 4. The van der Waals surface area contributed by atoms with E-state index in [0.29, 0.717) is 12.0 Å². The molecule has 0 spiro atoms. The zero-order valence-corrected chi connectivity index (χ0v) is 20.4. The molecule has 1 saturated carbocycles. The standard InChI is InChI=1S/C30H30N2S/c1-30(2)25-8-4-5-9-26(25)31-29(30)18-12-20-11-17-28-24(19-20)23-7-6-10-27(23)32(28)21-13-15-22(33-3)16-14-21/h4-5,8-9,11-19,23,27H,6-7,10H2,1-3H3/b18-12+. The van der Waals surface area contributed by atoms with Crippen LogP contribution >= 0.6 is 11.8 Å². The molecule has 3 aromatic rings. The van der Waals surface area contributed by atoms with Crippen LogP contribution in [0.5, 0.6) is 0 Å². The van der Waals surface area contributed by atoms with Crippen molar-refractivity contribution in [3.8, 4) is 0 Å². The Balaban J connectivity index is 1.32. The Morgan fingerprint density at radius 2 is 1.79 bits per heavy atom. The number of benzene rings is 3. The second kappa shape index (κ2) is 7.92. The molecule has 0 aromatic heterocycles. The lowest BCUT2D eigenvalue weighted by Gasteiger charge is -2.27. The summed E-state index contributed by atoms with van der Waals surface area (Å²) in [6, 6.07) is 25.2. The van der Waals surface area contributed by atoms with Gasteiger partial charge in [-0.05, 0) is 84.3 Å². The van der Waals surface area contributed by atoms with Gasteiger partial charge in [0.2, 0.25) is 0 Å². The first-order chi connectivity index (χ1) is 16.1. The minimum absolute atomic E-state index is 0.0555. The third-order valence-corrected chi connectivity index (χ3v) is 8.51. The topological polar surface area (TPSA) is 15.6 Å².